The topological polar surface area (TPSA) is 67.4 Å². The van der Waals surface area contributed by atoms with Crippen LogP contribution in [0.1, 0.15) is 31.7 Å². The molecule has 0 aromatic heterocycles. The van der Waals surface area contributed by atoms with Crippen LogP contribution in [0, 0.1) is 5.82 Å². The monoisotopic (exact) mass is 356 g/mol. The molecule has 0 spiro atoms. The third kappa shape index (κ3) is 3.40. The van der Waals surface area contributed by atoms with Crippen molar-refractivity contribution in [3.63, 3.8) is 0 Å². The van der Waals surface area contributed by atoms with Crippen LogP contribution in [0.4, 0.5) is 15.8 Å². The van der Waals surface area contributed by atoms with E-state index in [9.17, 15) is 14.0 Å². The molecular weight excluding hydrogens is 335 g/mol. The largest absolute Gasteiger partial charge is 0.495 e. The average Bonchev–Trinajstić information content (AvgIpc) is 2.53. The predicted octanol–water partition coefficient (Wildman–Crippen LogP) is 3.85. The SMILES string of the molecule is COc1ccc(NC(=O)C2(c3cccc(F)c3)CCC2)cc1NC(C)=O. The number of carbonyl (C=O) groups excluding carboxylic acids is 2. The molecule has 26 heavy (non-hydrogen) atoms. The summed E-state index contributed by atoms with van der Waals surface area (Å²) in [4.78, 5) is 24.3. The molecule has 2 aromatic carbocycles. The number of hydrogen-bond acceptors (Lipinski definition) is 3. The Morgan fingerprint density at radius 2 is 1.88 bits per heavy atom. The van der Waals surface area contributed by atoms with E-state index in [2.05, 4.69) is 10.6 Å². The average molecular weight is 356 g/mol. The molecule has 2 aromatic rings. The predicted molar refractivity (Wildman–Crippen MR) is 97.9 cm³/mol. The molecule has 1 aliphatic rings. The van der Waals surface area contributed by atoms with Gasteiger partial charge in [0.05, 0.1) is 18.2 Å². The van der Waals surface area contributed by atoms with Crippen molar-refractivity contribution in [1.82, 2.24) is 0 Å². The van der Waals surface area contributed by atoms with Crippen LogP contribution in [0.3, 0.4) is 0 Å². The number of carbonyl (C=O) groups is 2. The second-order valence-corrected chi connectivity index (χ2v) is 6.50. The standard InChI is InChI=1S/C20H21FN2O3/c1-13(24)22-17-12-16(7-8-18(17)26-2)23-19(25)20(9-4-10-20)14-5-3-6-15(21)11-14/h3,5-8,11-12H,4,9-10H2,1-2H3,(H,22,24)(H,23,25). The minimum Gasteiger partial charge on any atom is -0.495 e. The third-order valence-electron chi connectivity index (χ3n) is 4.79. The van der Waals surface area contributed by atoms with Crippen LogP contribution in [-0.2, 0) is 15.0 Å². The Balaban J connectivity index is 1.86. The van der Waals surface area contributed by atoms with E-state index in [1.807, 2.05) is 0 Å². The van der Waals surface area contributed by atoms with E-state index in [0.717, 1.165) is 6.42 Å². The van der Waals surface area contributed by atoms with Crippen molar-refractivity contribution < 1.29 is 18.7 Å². The van der Waals surface area contributed by atoms with E-state index in [-0.39, 0.29) is 17.6 Å². The molecule has 0 saturated heterocycles. The number of hydrogen-bond donors (Lipinski definition) is 2. The Morgan fingerprint density at radius 3 is 2.46 bits per heavy atom. The summed E-state index contributed by atoms with van der Waals surface area (Å²) < 4.78 is 18.8. The Bertz CT molecular complexity index is 847. The van der Waals surface area contributed by atoms with Crippen molar-refractivity contribution in [2.75, 3.05) is 17.7 Å². The van der Waals surface area contributed by atoms with E-state index in [1.165, 1.54) is 26.2 Å². The van der Waals surface area contributed by atoms with Crippen molar-refractivity contribution in [1.29, 1.82) is 0 Å². The van der Waals surface area contributed by atoms with Gasteiger partial charge in [0.2, 0.25) is 11.8 Å². The van der Waals surface area contributed by atoms with Gasteiger partial charge in [-0.05, 0) is 48.7 Å². The van der Waals surface area contributed by atoms with E-state index in [4.69, 9.17) is 4.74 Å². The molecule has 1 saturated carbocycles. The fraction of sp³-hybridized carbons (Fsp3) is 0.300. The molecular formula is C20H21FN2O3. The maximum absolute atomic E-state index is 13.6. The first-order valence-electron chi connectivity index (χ1n) is 8.48. The van der Waals surface area contributed by atoms with Crippen LogP contribution in [0.15, 0.2) is 42.5 Å². The number of methoxy groups -OCH3 is 1. The molecule has 2 amide bonds. The number of anilines is 2. The van der Waals surface area contributed by atoms with E-state index >= 15 is 0 Å². The fourth-order valence-electron chi connectivity index (χ4n) is 3.29. The lowest BCUT2D eigenvalue weighted by molar-refractivity contribution is -0.124. The maximum atomic E-state index is 13.6. The summed E-state index contributed by atoms with van der Waals surface area (Å²) in [5, 5.41) is 5.58. The van der Waals surface area contributed by atoms with Crippen molar-refractivity contribution in [2.45, 2.75) is 31.6 Å². The van der Waals surface area contributed by atoms with Crippen LogP contribution in [0.25, 0.3) is 0 Å². The second kappa shape index (κ2) is 7.15. The molecule has 3 rings (SSSR count). The lowest BCUT2D eigenvalue weighted by Gasteiger charge is -2.40. The number of nitrogens with one attached hydrogen (secondary N) is 2. The molecule has 1 aliphatic carbocycles. The Labute approximate surface area is 151 Å². The van der Waals surface area contributed by atoms with Gasteiger partial charge in [-0.25, -0.2) is 4.39 Å². The molecule has 0 aliphatic heterocycles. The highest BCUT2D eigenvalue weighted by Gasteiger charge is 2.45. The zero-order valence-electron chi connectivity index (χ0n) is 14.8. The molecule has 1 fully saturated rings. The quantitative estimate of drug-likeness (QED) is 0.855. The number of amides is 2. The molecule has 0 bridgehead atoms. The van der Waals surface area contributed by atoms with Gasteiger partial charge in [-0.15, -0.1) is 0 Å². The second-order valence-electron chi connectivity index (χ2n) is 6.50. The number of ether oxygens (including phenoxy) is 1. The summed E-state index contributed by atoms with van der Waals surface area (Å²) in [6, 6.07) is 11.2. The molecule has 136 valence electrons. The molecule has 2 N–H and O–H groups in total. The van der Waals surface area contributed by atoms with Crippen molar-refractivity contribution in [3.8, 4) is 5.75 Å². The summed E-state index contributed by atoms with van der Waals surface area (Å²) in [5.74, 6) is -0.254. The normalized spacial score (nSPS) is 14.9. The van der Waals surface area contributed by atoms with E-state index < -0.39 is 5.41 Å². The first-order chi connectivity index (χ1) is 12.4. The molecule has 0 radical (unpaired) electrons. The highest BCUT2D eigenvalue weighted by atomic mass is 19.1. The number of benzene rings is 2. The Hall–Kier alpha value is -2.89. The van der Waals surface area contributed by atoms with Gasteiger partial charge in [0, 0.05) is 12.6 Å². The van der Waals surface area contributed by atoms with Gasteiger partial charge in [-0.2, -0.15) is 0 Å². The van der Waals surface area contributed by atoms with Gasteiger partial charge >= 0.3 is 0 Å². The third-order valence-corrected chi connectivity index (χ3v) is 4.79. The molecule has 0 atom stereocenters. The zero-order valence-corrected chi connectivity index (χ0v) is 14.8. The van der Waals surface area contributed by atoms with Crippen LogP contribution >= 0.6 is 0 Å². The molecule has 6 heteroatoms. The number of halogens is 1. The van der Waals surface area contributed by atoms with Crippen molar-refractivity contribution in [2.24, 2.45) is 0 Å². The smallest absolute Gasteiger partial charge is 0.235 e. The Kier molecular flexibility index (Phi) is 4.93. The highest BCUT2D eigenvalue weighted by molar-refractivity contribution is 6.01. The van der Waals surface area contributed by atoms with Crippen LogP contribution < -0.4 is 15.4 Å². The lowest BCUT2D eigenvalue weighted by atomic mass is 9.63. The number of rotatable bonds is 5. The van der Waals surface area contributed by atoms with Gasteiger partial charge in [0.15, 0.2) is 0 Å². The van der Waals surface area contributed by atoms with Gasteiger partial charge in [-0.3, -0.25) is 9.59 Å². The van der Waals surface area contributed by atoms with E-state index in [0.29, 0.717) is 35.5 Å². The summed E-state index contributed by atoms with van der Waals surface area (Å²) in [7, 11) is 1.51. The van der Waals surface area contributed by atoms with Gasteiger partial charge in [0.25, 0.3) is 0 Å². The van der Waals surface area contributed by atoms with Crippen molar-refractivity contribution >= 4 is 23.2 Å². The molecule has 0 unspecified atom stereocenters. The highest BCUT2D eigenvalue weighted by Crippen LogP contribution is 2.45. The molecule has 5 nitrogen and oxygen atoms in total. The summed E-state index contributed by atoms with van der Waals surface area (Å²) in [6.07, 6.45) is 2.28. The summed E-state index contributed by atoms with van der Waals surface area (Å²) in [5.41, 5.74) is 1.00. The minimum atomic E-state index is -0.712. The lowest BCUT2D eigenvalue weighted by Crippen LogP contribution is -2.46. The van der Waals surface area contributed by atoms with Crippen LogP contribution in [0.5, 0.6) is 5.75 Å². The minimum absolute atomic E-state index is 0.173. The van der Waals surface area contributed by atoms with Gasteiger partial charge in [0.1, 0.15) is 11.6 Å². The van der Waals surface area contributed by atoms with Gasteiger partial charge < -0.3 is 15.4 Å². The Morgan fingerprint density at radius 1 is 1.12 bits per heavy atom. The van der Waals surface area contributed by atoms with Crippen LogP contribution in [-0.4, -0.2) is 18.9 Å². The van der Waals surface area contributed by atoms with Gasteiger partial charge in [-0.1, -0.05) is 18.6 Å². The van der Waals surface area contributed by atoms with Crippen molar-refractivity contribution in [3.05, 3.63) is 53.8 Å². The maximum Gasteiger partial charge on any atom is 0.235 e. The zero-order chi connectivity index (χ0) is 18.7. The fourth-order valence-corrected chi connectivity index (χ4v) is 3.29. The summed E-state index contributed by atoms with van der Waals surface area (Å²) >= 11 is 0. The molecule has 0 heterocycles. The van der Waals surface area contributed by atoms with E-state index in [1.54, 1.807) is 30.3 Å². The first kappa shape index (κ1) is 17.9. The van der Waals surface area contributed by atoms with Crippen LogP contribution in [0.2, 0.25) is 0 Å². The summed E-state index contributed by atoms with van der Waals surface area (Å²) in [6.45, 7) is 1.40. The first-order valence-corrected chi connectivity index (χ1v) is 8.48.